The standard InChI is InChI=1S/C16H15N5O2/c1-12(21-9-8-17-11-21)16(22)19-13-4-2-5-14(10-13)23-15-6-3-7-18-20-15/h2-12H,1H3,(H,19,22)/t12-/m0/s1. The van der Waals surface area contributed by atoms with Gasteiger partial charge in [0.2, 0.25) is 11.8 Å². The van der Waals surface area contributed by atoms with Crippen LogP contribution >= 0.6 is 0 Å². The summed E-state index contributed by atoms with van der Waals surface area (Å²) in [5.74, 6) is 0.820. The molecule has 0 spiro atoms. The van der Waals surface area contributed by atoms with E-state index in [4.69, 9.17) is 4.74 Å². The van der Waals surface area contributed by atoms with E-state index in [1.165, 1.54) is 0 Å². The highest BCUT2D eigenvalue weighted by Crippen LogP contribution is 2.22. The van der Waals surface area contributed by atoms with Crippen LogP contribution in [0, 0.1) is 0 Å². The molecule has 116 valence electrons. The second kappa shape index (κ2) is 6.69. The number of imidazole rings is 1. The number of carbonyl (C=O) groups excluding carboxylic acids is 1. The van der Waals surface area contributed by atoms with Crippen LogP contribution in [0.3, 0.4) is 0 Å². The smallest absolute Gasteiger partial charge is 0.247 e. The molecule has 23 heavy (non-hydrogen) atoms. The molecule has 0 bridgehead atoms. The predicted molar refractivity (Wildman–Crippen MR) is 84.1 cm³/mol. The maximum Gasteiger partial charge on any atom is 0.247 e. The molecule has 0 aliphatic heterocycles. The van der Waals surface area contributed by atoms with Gasteiger partial charge in [0.05, 0.1) is 6.33 Å². The SMILES string of the molecule is C[C@@H](C(=O)Nc1cccc(Oc2cccnn2)c1)n1ccnc1. The molecule has 2 aromatic heterocycles. The topological polar surface area (TPSA) is 81.9 Å². The van der Waals surface area contributed by atoms with Gasteiger partial charge in [-0.2, -0.15) is 5.10 Å². The van der Waals surface area contributed by atoms with E-state index in [0.29, 0.717) is 17.3 Å². The lowest BCUT2D eigenvalue weighted by Gasteiger charge is -2.14. The van der Waals surface area contributed by atoms with E-state index < -0.39 is 0 Å². The molecule has 7 nitrogen and oxygen atoms in total. The first-order valence-electron chi connectivity index (χ1n) is 7.06. The highest BCUT2D eigenvalue weighted by atomic mass is 16.5. The van der Waals surface area contributed by atoms with Gasteiger partial charge in [-0.1, -0.05) is 6.07 Å². The number of benzene rings is 1. The minimum atomic E-state index is -0.359. The Bertz CT molecular complexity index is 774. The van der Waals surface area contributed by atoms with E-state index in [1.807, 2.05) is 0 Å². The fraction of sp³-hybridized carbons (Fsp3) is 0.125. The molecule has 0 radical (unpaired) electrons. The van der Waals surface area contributed by atoms with E-state index in [1.54, 1.807) is 72.8 Å². The third kappa shape index (κ3) is 3.70. The normalized spacial score (nSPS) is 11.7. The lowest BCUT2D eigenvalue weighted by molar-refractivity contribution is -0.118. The molecule has 0 saturated carbocycles. The molecular formula is C16H15N5O2. The second-order valence-electron chi connectivity index (χ2n) is 4.87. The molecule has 1 atom stereocenters. The fourth-order valence-electron chi connectivity index (χ4n) is 1.98. The van der Waals surface area contributed by atoms with Crippen LogP contribution < -0.4 is 10.1 Å². The minimum absolute atomic E-state index is 0.139. The van der Waals surface area contributed by atoms with Crippen LogP contribution in [0.5, 0.6) is 11.6 Å². The van der Waals surface area contributed by atoms with Gasteiger partial charge < -0.3 is 14.6 Å². The highest BCUT2D eigenvalue weighted by molar-refractivity contribution is 5.93. The number of anilines is 1. The zero-order valence-electron chi connectivity index (χ0n) is 12.5. The van der Waals surface area contributed by atoms with Crippen molar-refractivity contribution in [3.05, 3.63) is 61.3 Å². The van der Waals surface area contributed by atoms with E-state index in [9.17, 15) is 4.79 Å². The Hall–Kier alpha value is -3.22. The van der Waals surface area contributed by atoms with Crippen molar-refractivity contribution in [1.29, 1.82) is 0 Å². The molecule has 1 N–H and O–H groups in total. The van der Waals surface area contributed by atoms with Gasteiger partial charge >= 0.3 is 0 Å². The Morgan fingerprint density at radius 2 is 2.17 bits per heavy atom. The first kappa shape index (κ1) is 14.7. The summed E-state index contributed by atoms with van der Waals surface area (Å²) in [6.45, 7) is 1.80. The third-order valence-corrected chi connectivity index (χ3v) is 3.22. The Kier molecular flexibility index (Phi) is 4.28. The molecular weight excluding hydrogens is 294 g/mol. The van der Waals surface area contributed by atoms with Crippen molar-refractivity contribution in [3.8, 4) is 11.6 Å². The van der Waals surface area contributed by atoms with Gasteiger partial charge in [0.15, 0.2) is 0 Å². The number of carbonyl (C=O) groups is 1. The van der Waals surface area contributed by atoms with Crippen molar-refractivity contribution >= 4 is 11.6 Å². The quantitative estimate of drug-likeness (QED) is 0.783. The number of nitrogens with zero attached hydrogens (tertiary/aromatic N) is 4. The highest BCUT2D eigenvalue weighted by Gasteiger charge is 2.14. The van der Waals surface area contributed by atoms with Gasteiger partial charge in [-0.15, -0.1) is 5.10 Å². The Morgan fingerprint density at radius 1 is 1.26 bits per heavy atom. The van der Waals surface area contributed by atoms with E-state index in [0.717, 1.165) is 0 Å². The number of nitrogens with one attached hydrogen (secondary N) is 1. The predicted octanol–water partition coefficient (Wildman–Crippen LogP) is 2.67. The maximum absolute atomic E-state index is 12.3. The Morgan fingerprint density at radius 3 is 2.91 bits per heavy atom. The van der Waals surface area contributed by atoms with Crippen LogP contribution in [0.2, 0.25) is 0 Å². The molecule has 3 aromatic rings. The molecule has 0 unspecified atom stereocenters. The summed E-state index contributed by atoms with van der Waals surface area (Å²) >= 11 is 0. The lowest BCUT2D eigenvalue weighted by Crippen LogP contribution is -2.22. The number of hydrogen-bond donors (Lipinski definition) is 1. The van der Waals surface area contributed by atoms with Crippen LogP contribution in [-0.2, 0) is 4.79 Å². The van der Waals surface area contributed by atoms with Crippen LogP contribution in [0.1, 0.15) is 13.0 Å². The number of ether oxygens (including phenoxy) is 1. The zero-order valence-corrected chi connectivity index (χ0v) is 12.5. The molecule has 0 saturated heterocycles. The number of hydrogen-bond acceptors (Lipinski definition) is 5. The van der Waals surface area contributed by atoms with Crippen LogP contribution in [-0.4, -0.2) is 25.7 Å². The molecule has 0 aliphatic carbocycles. The van der Waals surface area contributed by atoms with Gasteiger partial charge in [-0.05, 0) is 25.1 Å². The number of amides is 1. The maximum atomic E-state index is 12.3. The number of aromatic nitrogens is 4. The van der Waals surface area contributed by atoms with Gasteiger partial charge in [0.1, 0.15) is 11.8 Å². The fourth-order valence-corrected chi connectivity index (χ4v) is 1.98. The number of rotatable bonds is 5. The van der Waals surface area contributed by atoms with Crippen LogP contribution in [0.4, 0.5) is 5.69 Å². The van der Waals surface area contributed by atoms with Crippen molar-refractivity contribution in [2.45, 2.75) is 13.0 Å². The summed E-state index contributed by atoms with van der Waals surface area (Å²) < 4.78 is 7.32. The van der Waals surface area contributed by atoms with Crippen molar-refractivity contribution < 1.29 is 9.53 Å². The van der Waals surface area contributed by atoms with Gasteiger partial charge in [-0.3, -0.25) is 4.79 Å². The first-order chi connectivity index (χ1) is 11.2. The molecule has 0 aliphatic rings. The largest absolute Gasteiger partial charge is 0.437 e. The zero-order chi connectivity index (χ0) is 16.1. The summed E-state index contributed by atoms with van der Waals surface area (Å²) in [4.78, 5) is 16.2. The van der Waals surface area contributed by atoms with Gasteiger partial charge in [0, 0.05) is 36.4 Å². The van der Waals surface area contributed by atoms with E-state index >= 15 is 0 Å². The van der Waals surface area contributed by atoms with Crippen LogP contribution in [0.15, 0.2) is 61.3 Å². The van der Waals surface area contributed by atoms with Crippen molar-refractivity contribution in [1.82, 2.24) is 19.7 Å². The monoisotopic (exact) mass is 309 g/mol. The summed E-state index contributed by atoms with van der Waals surface area (Å²) in [5.41, 5.74) is 0.642. The second-order valence-corrected chi connectivity index (χ2v) is 4.87. The molecule has 7 heteroatoms. The Labute approximate surface area is 133 Å². The lowest BCUT2D eigenvalue weighted by atomic mass is 10.2. The summed E-state index contributed by atoms with van der Waals surface area (Å²) in [7, 11) is 0. The molecule has 3 rings (SSSR count). The summed E-state index contributed by atoms with van der Waals surface area (Å²) in [6, 6.07) is 10.2. The van der Waals surface area contributed by atoms with Gasteiger partial charge in [0.25, 0.3) is 0 Å². The Balaban J connectivity index is 1.69. The summed E-state index contributed by atoms with van der Waals surface area (Å²) in [6.07, 6.45) is 6.57. The molecule has 2 heterocycles. The average molecular weight is 309 g/mol. The first-order valence-corrected chi connectivity index (χ1v) is 7.06. The van der Waals surface area contributed by atoms with Crippen molar-refractivity contribution in [2.24, 2.45) is 0 Å². The van der Waals surface area contributed by atoms with Gasteiger partial charge in [-0.25, -0.2) is 4.98 Å². The molecule has 1 aromatic carbocycles. The average Bonchev–Trinajstić information content (AvgIpc) is 3.10. The summed E-state index contributed by atoms with van der Waals surface area (Å²) in [5, 5.41) is 10.5. The molecule has 1 amide bonds. The van der Waals surface area contributed by atoms with Crippen LogP contribution in [0.25, 0.3) is 0 Å². The van der Waals surface area contributed by atoms with E-state index in [2.05, 4.69) is 20.5 Å². The van der Waals surface area contributed by atoms with Crippen molar-refractivity contribution in [2.75, 3.05) is 5.32 Å². The van der Waals surface area contributed by atoms with E-state index in [-0.39, 0.29) is 11.9 Å². The minimum Gasteiger partial charge on any atom is -0.437 e. The molecule has 0 fully saturated rings. The van der Waals surface area contributed by atoms with Crippen molar-refractivity contribution in [3.63, 3.8) is 0 Å². The third-order valence-electron chi connectivity index (χ3n) is 3.22.